The smallest absolute Gasteiger partial charge is 0.306 e. The van der Waals surface area contributed by atoms with Crippen LogP contribution in [-0.2, 0) is 28.6 Å². The highest BCUT2D eigenvalue weighted by Gasteiger charge is 2.19. The molecule has 0 rings (SSSR count). The maximum absolute atomic E-state index is 12.9. The van der Waals surface area contributed by atoms with E-state index in [0.29, 0.717) is 19.3 Å². The van der Waals surface area contributed by atoms with Gasteiger partial charge >= 0.3 is 17.9 Å². The van der Waals surface area contributed by atoms with Crippen LogP contribution < -0.4 is 0 Å². The Morgan fingerprint density at radius 2 is 0.514 bits per heavy atom. The number of hydrogen-bond donors (Lipinski definition) is 0. The van der Waals surface area contributed by atoms with Gasteiger partial charge in [-0.25, -0.2) is 0 Å². The predicted octanol–water partition coefficient (Wildman–Crippen LogP) is 20.8. The van der Waals surface area contributed by atoms with Gasteiger partial charge in [-0.05, 0) is 77.0 Å². The highest BCUT2D eigenvalue weighted by molar-refractivity contribution is 5.71. The molecular weight excluding hydrogens is 865 g/mol. The first-order valence-electron chi connectivity index (χ1n) is 31.0. The van der Waals surface area contributed by atoms with Gasteiger partial charge in [0.25, 0.3) is 0 Å². The summed E-state index contributed by atoms with van der Waals surface area (Å²) in [5.74, 6) is -0.879. The maximum atomic E-state index is 12.9. The van der Waals surface area contributed by atoms with Gasteiger partial charge in [-0.1, -0.05) is 276 Å². The van der Waals surface area contributed by atoms with E-state index >= 15 is 0 Å². The number of hydrogen-bond acceptors (Lipinski definition) is 6. The van der Waals surface area contributed by atoms with Gasteiger partial charge in [0.2, 0.25) is 0 Å². The molecule has 0 spiro atoms. The molecule has 0 aromatic carbocycles. The predicted molar refractivity (Wildman–Crippen MR) is 302 cm³/mol. The lowest BCUT2D eigenvalue weighted by Gasteiger charge is -2.18. The van der Waals surface area contributed by atoms with E-state index in [4.69, 9.17) is 14.2 Å². The third-order valence-corrected chi connectivity index (χ3v) is 13.9. The Morgan fingerprint density at radius 3 is 0.814 bits per heavy atom. The summed E-state index contributed by atoms with van der Waals surface area (Å²) in [6.45, 7) is 6.65. The van der Waals surface area contributed by atoms with Crippen LogP contribution in [0, 0.1) is 0 Å². The Labute approximate surface area is 435 Å². The van der Waals surface area contributed by atoms with Gasteiger partial charge in [0.1, 0.15) is 13.2 Å². The molecule has 0 heterocycles. The van der Waals surface area contributed by atoms with Crippen LogP contribution >= 0.6 is 0 Å². The Hall–Kier alpha value is -2.37. The lowest BCUT2D eigenvalue weighted by molar-refractivity contribution is -0.167. The lowest BCUT2D eigenvalue weighted by Crippen LogP contribution is -2.30. The lowest BCUT2D eigenvalue weighted by atomic mass is 10.0. The van der Waals surface area contributed by atoms with E-state index in [2.05, 4.69) is 57.2 Å². The van der Waals surface area contributed by atoms with Gasteiger partial charge in [-0.15, -0.1) is 0 Å². The molecule has 410 valence electrons. The van der Waals surface area contributed by atoms with Crippen LogP contribution in [-0.4, -0.2) is 37.2 Å². The highest BCUT2D eigenvalue weighted by atomic mass is 16.6. The number of unbranched alkanes of at least 4 members (excludes halogenated alkanes) is 40. The van der Waals surface area contributed by atoms with Crippen LogP contribution in [0.2, 0.25) is 0 Å². The number of carbonyl (C=O) groups excluding carboxylic acids is 3. The molecule has 0 radical (unpaired) electrons. The minimum atomic E-state index is -0.781. The van der Waals surface area contributed by atoms with E-state index in [-0.39, 0.29) is 31.1 Å². The summed E-state index contributed by atoms with van der Waals surface area (Å²) < 4.78 is 16.9. The molecule has 70 heavy (non-hydrogen) atoms. The first-order chi connectivity index (χ1) is 34.5. The molecule has 0 aromatic rings. The van der Waals surface area contributed by atoms with E-state index < -0.39 is 6.10 Å². The molecule has 0 fully saturated rings. The van der Waals surface area contributed by atoms with Gasteiger partial charge in [0, 0.05) is 19.3 Å². The second-order valence-corrected chi connectivity index (χ2v) is 21.0. The molecule has 0 saturated carbocycles. The molecule has 1 atom stereocenters. The van der Waals surface area contributed by atoms with Crippen molar-refractivity contribution in [2.75, 3.05) is 13.2 Å². The van der Waals surface area contributed by atoms with Gasteiger partial charge in [0.15, 0.2) is 6.10 Å². The van der Waals surface area contributed by atoms with Crippen molar-refractivity contribution >= 4 is 17.9 Å². The van der Waals surface area contributed by atoms with E-state index in [0.717, 1.165) is 89.9 Å². The average Bonchev–Trinajstić information content (AvgIpc) is 3.36. The zero-order valence-electron chi connectivity index (χ0n) is 47.1. The monoisotopic (exact) mass is 983 g/mol. The summed E-state index contributed by atoms with van der Waals surface area (Å²) in [5, 5.41) is 0. The van der Waals surface area contributed by atoms with Crippen LogP contribution in [0.1, 0.15) is 335 Å². The summed E-state index contributed by atoms with van der Waals surface area (Å²) in [7, 11) is 0. The molecule has 0 aliphatic heterocycles. The van der Waals surface area contributed by atoms with Crippen molar-refractivity contribution < 1.29 is 28.6 Å². The molecule has 6 nitrogen and oxygen atoms in total. The van der Waals surface area contributed by atoms with Crippen molar-refractivity contribution in [1.82, 2.24) is 0 Å². The van der Waals surface area contributed by atoms with Crippen LogP contribution in [0.3, 0.4) is 0 Å². The standard InChI is InChI=1S/C64H118O6/c1-4-7-10-13-16-19-22-25-28-30-31-32-33-34-35-37-39-42-45-48-51-54-57-63(66)69-60-61(59-68-62(65)56-53-50-47-44-41-38-27-24-21-18-15-12-9-6-3)70-64(67)58-55-52-49-46-43-40-36-29-26-23-20-17-14-11-8-5-2/h20,23-24,27,29,36,61H,4-19,21-22,25-26,28,30-35,37-60H2,1-3H3/b23-20-,27-24-,36-29-. The van der Waals surface area contributed by atoms with Gasteiger partial charge in [-0.2, -0.15) is 0 Å². The normalized spacial score (nSPS) is 12.2. The Bertz CT molecular complexity index is 1170. The fourth-order valence-corrected chi connectivity index (χ4v) is 9.18. The molecular formula is C64H118O6. The summed E-state index contributed by atoms with van der Waals surface area (Å²) in [6.07, 6.45) is 71.5. The maximum Gasteiger partial charge on any atom is 0.306 e. The summed E-state index contributed by atoms with van der Waals surface area (Å²) in [6, 6.07) is 0. The van der Waals surface area contributed by atoms with Gasteiger partial charge < -0.3 is 14.2 Å². The van der Waals surface area contributed by atoms with Crippen molar-refractivity contribution in [2.45, 2.75) is 341 Å². The molecule has 1 unspecified atom stereocenters. The fraction of sp³-hybridized carbons (Fsp3) is 0.859. The van der Waals surface area contributed by atoms with E-state index in [1.54, 1.807) is 0 Å². The number of rotatable bonds is 57. The molecule has 0 aromatic heterocycles. The number of esters is 3. The number of ether oxygens (including phenoxy) is 3. The van der Waals surface area contributed by atoms with Crippen molar-refractivity contribution in [2.24, 2.45) is 0 Å². The third-order valence-electron chi connectivity index (χ3n) is 13.9. The number of allylic oxidation sites excluding steroid dienone is 6. The molecule has 6 heteroatoms. The van der Waals surface area contributed by atoms with Crippen molar-refractivity contribution in [3.63, 3.8) is 0 Å². The van der Waals surface area contributed by atoms with Gasteiger partial charge in [0.05, 0.1) is 0 Å². The summed E-state index contributed by atoms with van der Waals surface area (Å²) in [5.41, 5.74) is 0. The topological polar surface area (TPSA) is 78.9 Å². The van der Waals surface area contributed by atoms with Crippen molar-refractivity contribution in [3.8, 4) is 0 Å². The zero-order chi connectivity index (χ0) is 50.7. The minimum Gasteiger partial charge on any atom is -0.462 e. The first-order valence-corrected chi connectivity index (χ1v) is 31.0. The van der Waals surface area contributed by atoms with E-state index in [1.165, 1.54) is 205 Å². The second kappa shape index (κ2) is 59.2. The SMILES string of the molecule is CCCCCC/C=C\C/C=C\CCCCCCCC(=O)OC(COC(=O)CCCCCCC/C=C\CCCCCCC)COC(=O)CCCCCCCCCCCCCCCCCCCCCCCC. The second-order valence-electron chi connectivity index (χ2n) is 21.0. The quantitative estimate of drug-likeness (QED) is 0.0261. The Kier molecular flexibility index (Phi) is 57.2. The molecule has 0 aliphatic carbocycles. The third kappa shape index (κ3) is 56.5. The molecule has 0 N–H and O–H groups in total. The first kappa shape index (κ1) is 67.6. The summed E-state index contributed by atoms with van der Waals surface area (Å²) >= 11 is 0. The average molecular weight is 984 g/mol. The minimum absolute atomic E-state index is 0.0767. The van der Waals surface area contributed by atoms with Crippen LogP contribution in [0.5, 0.6) is 0 Å². The molecule has 0 bridgehead atoms. The van der Waals surface area contributed by atoms with Gasteiger partial charge in [-0.3, -0.25) is 14.4 Å². The van der Waals surface area contributed by atoms with Crippen LogP contribution in [0.15, 0.2) is 36.5 Å². The molecule has 0 amide bonds. The number of carbonyl (C=O) groups is 3. The Morgan fingerprint density at radius 1 is 0.286 bits per heavy atom. The van der Waals surface area contributed by atoms with E-state index in [9.17, 15) is 14.4 Å². The van der Waals surface area contributed by atoms with Crippen LogP contribution in [0.4, 0.5) is 0 Å². The van der Waals surface area contributed by atoms with E-state index in [1.807, 2.05) is 0 Å². The highest BCUT2D eigenvalue weighted by Crippen LogP contribution is 2.17. The zero-order valence-corrected chi connectivity index (χ0v) is 47.1. The largest absolute Gasteiger partial charge is 0.462 e. The van der Waals surface area contributed by atoms with Crippen molar-refractivity contribution in [1.29, 1.82) is 0 Å². The van der Waals surface area contributed by atoms with Crippen LogP contribution in [0.25, 0.3) is 0 Å². The molecule has 0 saturated heterocycles. The summed E-state index contributed by atoms with van der Waals surface area (Å²) in [4.78, 5) is 38.2. The fourth-order valence-electron chi connectivity index (χ4n) is 9.18. The van der Waals surface area contributed by atoms with Crippen molar-refractivity contribution in [3.05, 3.63) is 36.5 Å². The Balaban J connectivity index is 4.30. The molecule has 0 aliphatic rings.